The second-order valence-corrected chi connectivity index (χ2v) is 10.6. The molecule has 1 aromatic carbocycles. The quantitative estimate of drug-likeness (QED) is 0.311. The van der Waals surface area contributed by atoms with Gasteiger partial charge < -0.3 is 10.6 Å². The maximum Gasteiger partial charge on any atom is 0.269 e. The molecule has 8 nitrogen and oxygen atoms in total. The van der Waals surface area contributed by atoms with Gasteiger partial charge in [-0.05, 0) is 98.8 Å². The summed E-state index contributed by atoms with van der Waals surface area (Å²) in [6, 6.07) is 19.1. The number of pyridine rings is 3. The van der Waals surface area contributed by atoms with Crippen LogP contribution in [0.25, 0.3) is 22.4 Å². The SMILES string of the molecule is CNC(=O)c1cc(-c2cc(-c3cc(NC(=O)c4ccnc(C(C)(C)C#N)c4)ccc3C)cc(C3CC3)n2)ccn1. The molecule has 0 atom stereocenters. The second-order valence-electron chi connectivity index (χ2n) is 10.6. The summed E-state index contributed by atoms with van der Waals surface area (Å²) in [5, 5.41) is 15.1. The Morgan fingerprint density at radius 3 is 2.45 bits per heavy atom. The van der Waals surface area contributed by atoms with Gasteiger partial charge in [0.05, 0.1) is 22.9 Å². The molecule has 8 heteroatoms. The van der Waals surface area contributed by atoms with Gasteiger partial charge in [0.1, 0.15) is 5.69 Å². The number of nitrogens with zero attached hydrogens (tertiary/aromatic N) is 4. The first kappa shape index (κ1) is 26.7. The first-order chi connectivity index (χ1) is 19.2. The Hall–Kier alpha value is -4.90. The van der Waals surface area contributed by atoms with Crippen LogP contribution in [-0.2, 0) is 5.41 Å². The number of aromatic nitrogens is 3. The molecular weight excluding hydrogens is 500 g/mol. The number of carbonyl (C=O) groups excluding carboxylic acids is 2. The predicted octanol–water partition coefficient (Wildman–Crippen LogP) is 5.80. The third-order valence-corrected chi connectivity index (χ3v) is 7.10. The van der Waals surface area contributed by atoms with Crippen molar-refractivity contribution in [3.05, 3.63) is 95.2 Å². The third-order valence-electron chi connectivity index (χ3n) is 7.10. The zero-order chi connectivity index (χ0) is 28.4. The minimum atomic E-state index is -0.804. The van der Waals surface area contributed by atoms with E-state index in [2.05, 4.69) is 32.7 Å². The van der Waals surface area contributed by atoms with Crippen molar-refractivity contribution in [2.75, 3.05) is 12.4 Å². The van der Waals surface area contributed by atoms with Gasteiger partial charge in [-0.25, -0.2) is 0 Å². The van der Waals surface area contributed by atoms with Gasteiger partial charge in [0.15, 0.2) is 0 Å². The highest BCUT2D eigenvalue weighted by atomic mass is 16.2. The summed E-state index contributed by atoms with van der Waals surface area (Å²) in [6.07, 6.45) is 5.37. The van der Waals surface area contributed by atoms with E-state index in [4.69, 9.17) is 4.98 Å². The molecule has 0 radical (unpaired) electrons. The number of benzene rings is 1. The highest BCUT2D eigenvalue weighted by Crippen LogP contribution is 2.42. The molecule has 0 bridgehead atoms. The molecule has 3 aromatic heterocycles. The van der Waals surface area contributed by atoms with Crippen LogP contribution in [0.5, 0.6) is 0 Å². The minimum Gasteiger partial charge on any atom is -0.354 e. The second kappa shape index (κ2) is 10.7. The summed E-state index contributed by atoms with van der Waals surface area (Å²) in [7, 11) is 1.58. The number of hydrogen-bond acceptors (Lipinski definition) is 6. The Bertz CT molecular complexity index is 1670. The van der Waals surface area contributed by atoms with Crippen LogP contribution in [0.4, 0.5) is 5.69 Å². The van der Waals surface area contributed by atoms with Crippen LogP contribution in [0.3, 0.4) is 0 Å². The van der Waals surface area contributed by atoms with Gasteiger partial charge in [-0.1, -0.05) is 6.07 Å². The van der Waals surface area contributed by atoms with Crippen molar-refractivity contribution in [2.24, 2.45) is 0 Å². The fraction of sp³-hybridized carbons (Fsp3) is 0.250. The highest BCUT2D eigenvalue weighted by Gasteiger charge is 2.27. The van der Waals surface area contributed by atoms with E-state index < -0.39 is 5.41 Å². The molecule has 2 N–H and O–H groups in total. The Balaban J connectivity index is 1.49. The van der Waals surface area contributed by atoms with Crippen LogP contribution in [0.15, 0.2) is 67.0 Å². The number of rotatable bonds is 7. The summed E-state index contributed by atoms with van der Waals surface area (Å²) >= 11 is 0. The van der Waals surface area contributed by atoms with E-state index in [-0.39, 0.29) is 11.8 Å². The normalized spacial score (nSPS) is 12.9. The molecule has 1 saturated carbocycles. The molecule has 0 unspecified atom stereocenters. The molecule has 0 saturated heterocycles. The lowest BCUT2D eigenvalue weighted by Crippen LogP contribution is -2.19. The molecule has 4 aromatic rings. The summed E-state index contributed by atoms with van der Waals surface area (Å²) in [6.45, 7) is 5.58. The standard InChI is InChI=1S/C32H30N6O2/c1-19-5-8-24(37-30(39)22-10-12-36-29(16-22)32(2,3)18-33)17-25(19)23-14-26(20-6-7-20)38-27(15-23)21-9-11-35-28(13-21)31(40)34-4/h5,8-17,20H,6-7H2,1-4H3,(H,34,40)(H,37,39). The summed E-state index contributed by atoms with van der Waals surface area (Å²) < 4.78 is 0. The van der Waals surface area contributed by atoms with E-state index in [0.717, 1.165) is 46.5 Å². The van der Waals surface area contributed by atoms with Gasteiger partial charge in [-0.3, -0.25) is 24.5 Å². The molecular formula is C32H30N6O2. The number of carbonyl (C=O) groups is 2. The van der Waals surface area contributed by atoms with Crippen LogP contribution in [0.2, 0.25) is 0 Å². The highest BCUT2D eigenvalue weighted by molar-refractivity contribution is 6.04. The molecule has 1 aliphatic rings. The lowest BCUT2D eigenvalue weighted by Gasteiger charge is -2.16. The Labute approximate surface area is 233 Å². The van der Waals surface area contributed by atoms with E-state index in [0.29, 0.717) is 28.6 Å². The van der Waals surface area contributed by atoms with Crippen molar-refractivity contribution in [2.45, 2.75) is 44.9 Å². The molecule has 200 valence electrons. The van der Waals surface area contributed by atoms with E-state index in [1.807, 2.05) is 37.3 Å². The van der Waals surface area contributed by atoms with Crippen molar-refractivity contribution in [3.63, 3.8) is 0 Å². The Kier molecular flexibility index (Phi) is 7.14. The number of nitrogens with one attached hydrogen (secondary N) is 2. The first-order valence-corrected chi connectivity index (χ1v) is 13.2. The van der Waals surface area contributed by atoms with Crippen molar-refractivity contribution >= 4 is 17.5 Å². The van der Waals surface area contributed by atoms with Crippen LogP contribution in [0, 0.1) is 18.3 Å². The topological polar surface area (TPSA) is 121 Å². The van der Waals surface area contributed by atoms with Gasteiger partial charge in [-0.15, -0.1) is 0 Å². The molecule has 2 amide bonds. The summed E-state index contributed by atoms with van der Waals surface area (Å²) in [4.78, 5) is 38.7. The number of hydrogen-bond donors (Lipinski definition) is 2. The Morgan fingerprint density at radius 1 is 0.950 bits per heavy atom. The summed E-state index contributed by atoms with van der Waals surface area (Å²) in [5.41, 5.74) is 6.77. The van der Waals surface area contributed by atoms with Gasteiger partial charge in [0.25, 0.3) is 11.8 Å². The fourth-order valence-corrected chi connectivity index (χ4v) is 4.47. The molecule has 0 aliphatic heterocycles. The van der Waals surface area contributed by atoms with Gasteiger partial charge in [-0.2, -0.15) is 5.26 Å². The average Bonchev–Trinajstić information content (AvgIpc) is 3.83. The van der Waals surface area contributed by atoms with Gasteiger partial charge >= 0.3 is 0 Å². The first-order valence-electron chi connectivity index (χ1n) is 13.2. The third kappa shape index (κ3) is 5.59. The molecule has 5 rings (SSSR count). The van der Waals surface area contributed by atoms with Crippen LogP contribution < -0.4 is 10.6 Å². The lowest BCUT2D eigenvalue weighted by molar-refractivity contribution is 0.0957. The number of aryl methyl sites for hydroxylation is 1. The summed E-state index contributed by atoms with van der Waals surface area (Å²) in [5.74, 6) is -0.113. The molecule has 1 aliphatic carbocycles. The predicted molar refractivity (Wildman–Crippen MR) is 154 cm³/mol. The van der Waals surface area contributed by atoms with Gasteiger partial charge in [0.2, 0.25) is 0 Å². The van der Waals surface area contributed by atoms with Crippen molar-refractivity contribution < 1.29 is 9.59 Å². The minimum absolute atomic E-state index is 0.253. The number of amides is 2. The largest absolute Gasteiger partial charge is 0.354 e. The zero-order valence-corrected chi connectivity index (χ0v) is 22.9. The zero-order valence-electron chi connectivity index (χ0n) is 22.9. The number of nitriles is 1. The van der Waals surface area contributed by atoms with Crippen molar-refractivity contribution in [3.8, 4) is 28.5 Å². The maximum absolute atomic E-state index is 13.1. The smallest absolute Gasteiger partial charge is 0.269 e. The molecule has 0 spiro atoms. The van der Waals surface area contributed by atoms with Crippen molar-refractivity contribution in [1.82, 2.24) is 20.3 Å². The maximum atomic E-state index is 13.1. The van der Waals surface area contributed by atoms with E-state index in [1.54, 1.807) is 51.5 Å². The molecule has 3 heterocycles. The van der Waals surface area contributed by atoms with Gasteiger partial charge in [0, 0.05) is 47.9 Å². The lowest BCUT2D eigenvalue weighted by atomic mass is 9.90. The monoisotopic (exact) mass is 530 g/mol. The average molecular weight is 531 g/mol. The van der Waals surface area contributed by atoms with Crippen molar-refractivity contribution in [1.29, 1.82) is 5.26 Å². The van der Waals surface area contributed by atoms with E-state index in [1.165, 1.54) is 0 Å². The number of anilines is 1. The molecule has 1 fully saturated rings. The fourth-order valence-electron chi connectivity index (χ4n) is 4.47. The van der Waals surface area contributed by atoms with E-state index >= 15 is 0 Å². The Morgan fingerprint density at radius 2 is 1.73 bits per heavy atom. The van der Waals surface area contributed by atoms with Crippen LogP contribution >= 0.6 is 0 Å². The molecule has 40 heavy (non-hydrogen) atoms. The van der Waals surface area contributed by atoms with Crippen LogP contribution in [-0.4, -0.2) is 33.8 Å². The van der Waals surface area contributed by atoms with E-state index in [9.17, 15) is 14.9 Å². The van der Waals surface area contributed by atoms with Crippen LogP contribution in [0.1, 0.15) is 70.4 Å².